The zero-order valence-corrected chi connectivity index (χ0v) is 14.8. The second kappa shape index (κ2) is 8.62. The molecule has 0 radical (unpaired) electrons. The molecule has 25 heavy (non-hydrogen) atoms. The predicted molar refractivity (Wildman–Crippen MR) is 95.8 cm³/mol. The average Bonchev–Trinajstić information content (AvgIpc) is 3.30. The zero-order valence-electron chi connectivity index (χ0n) is 14.8. The Morgan fingerprint density at radius 2 is 2.00 bits per heavy atom. The molecular formula is C18H26N6O. The summed E-state index contributed by atoms with van der Waals surface area (Å²) in [6.07, 6.45) is 5.71. The van der Waals surface area contributed by atoms with E-state index in [-0.39, 0.29) is 6.03 Å². The van der Waals surface area contributed by atoms with Crippen molar-refractivity contribution < 1.29 is 4.79 Å². The number of rotatable bonds is 7. The monoisotopic (exact) mass is 342 g/mol. The normalized spacial score (nSPS) is 14.6. The Labute approximate surface area is 148 Å². The third-order valence-electron chi connectivity index (χ3n) is 4.55. The fraction of sp³-hybridized carbons (Fsp3) is 0.500. The summed E-state index contributed by atoms with van der Waals surface area (Å²) < 4.78 is 1.70. The van der Waals surface area contributed by atoms with Crippen molar-refractivity contribution in [2.75, 3.05) is 26.7 Å². The minimum absolute atomic E-state index is 0.0731. The zero-order chi connectivity index (χ0) is 17.5. The number of amides is 2. The van der Waals surface area contributed by atoms with Gasteiger partial charge in [0, 0.05) is 26.7 Å². The molecule has 0 saturated carbocycles. The van der Waals surface area contributed by atoms with Gasteiger partial charge in [0.1, 0.15) is 12.7 Å². The Kier molecular flexibility index (Phi) is 6.00. The first-order chi connectivity index (χ1) is 12.2. The SMILES string of the molecule is CN(Cc1ccccc1CN1CCCC1)C(=O)NCCn1cncn1. The highest BCUT2D eigenvalue weighted by Gasteiger charge is 2.15. The van der Waals surface area contributed by atoms with Gasteiger partial charge < -0.3 is 10.2 Å². The molecule has 0 spiro atoms. The second-order valence-electron chi connectivity index (χ2n) is 6.50. The minimum atomic E-state index is -0.0731. The summed E-state index contributed by atoms with van der Waals surface area (Å²) in [6, 6.07) is 8.33. The summed E-state index contributed by atoms with van der Waals surface area (Å²) in [6.45, 7) is 5.07. The van der Waals surface area contributed by atoms with Crippen molar-refractivity contribution in [2.45, 2.75) is 32.5 Å². The molecule has 2 heterocycles. The molecule has 1 N–H and O–H groups in total. The van der Waals surface area contributed by atoms with E-state index in [2.05, 4.69) is 38.5 Å². The van der Waals surface area contributed by atoms with Crippen LogP contribution in [0.15, 0.2) is 36.9 Å². The van der Waals surface area contributed by atoms with Gasteiger partial charge in [-0.3, -0.25) is 9.58 Å². The van der Waals surface area contributed by atoms with Gasteiger partial charge >= 0.3 is 6.03 Å². The maximum atomic E-state index is 12.3. The minimum Gasteiger partial charge on any atom is -0.336 e. The summed E-state index contributed by atoms with van der Waals surface area (Å²) in [5.41, 5.74) is 2.52. The molecule has 1 aliphatic rings. The lowest BCUT2D eigenvalue weighted by Crippen LogP contribution is -2.38. The molecular weight excluding hydrogens is 316 g/mol. The Hall–Kier alpha value is -2.41. The Balaban J connectivity index is 1.51. The molecule has 134 valence electrons. The van der Waals surface area contributed by atoms with Gasteiger partial charge in [-0.15, -0.1) is 0 Å². The van der Waals surface area contributed by atoms with E-state index in [1.807, 2.05) is 13.1 Å². The molecule has 2 amide bonds. The lowest BCUT2D eigenvalue weighted by atomic mass is 10.1. The van der Waals surface area contributed by atoms with Gasteiger partial charge in [-0.1, -0.05) is 24.3 Å². The van der Waals surface area contributed by atoms with Crippen LogP contribution in [0.5, 0.6) is 0 Å². The van der Waals surface area contributed by atoms with E-state index in [1.54, 1.807) is 15.9 Å². The van der Waals surface area contributed by atoms with E-state index >= 15 is 0 Å². The van der Waals surface area contributed by atoms with Gasteiger partial charge in [0.25, 0.3) is 0 Å². The van der Waals surface area contributed by atoms with Crippen LogP contribution >= 0.6 is 0 Å². The van der Waals surface area contributed by atoms with E-state index in [4.69, 9.17) is 0 Å². The van der Waals surface area contributed by atoms with E-state index in [0.717, 1.165) is 6.54 Å². The van der Waals surface area contributed by atoms with Crippen LogP contribution in [-0.2, 0) is 19.6 Å². The molecule has 1 fully saturated rings. The summed E-state index contributed by atoms with van der Waals surface area (Å²) >= 11 is 0. The molecule has 1 aromatic carbocycles. The summed E-state index contributed by atoms with van der Waals surface area (Å²) in [5, 5.41) is 6.94. The van der Waals surface area contributed by atoms with E-state index in [9.17, 15) is 4.79 Å². The van der Waals surface area contributed by atoms with Gasteiger partial charge in [-0.25, -0.2) is 9.78 Å². The fourth-order valence-corrected chi connectivity index (χ4v) is 3.14. The molecule has 0 unspecified atom stereocenters. The first-order valence-electron chi connectivity index (χ1n) is 8.83. The number of carbonyl (C=O) groups excluding carboxylic acids is 1. The van der Waals surface area contributed by atoms with Crippen molar-refractivity contribution in [3.63, 3.8) is 0 Å². The second-order valence-corrected chi connectivity index (χ2v) is 6.50. The number of nitrogens with zero attached hydrogens (tertiary/aromatic N) is 5. The number of aromatic nitrogens is 3. The average molecular weight is 342 g/mol. The number of benzene rings is 1. The molecule has 2 aromatic rings. The van der Waals surface area contributed by atoms with Crippen molar-refractivity contribution in [1.29, 1.82) is 0 Å². The highest BCUT2D eigenvalue weighted by atomic mass is 16.2. The quantitative estimate of drug-likeness (QED) is 0.832. The topological polar surface area (TPSA) is 66.3 Å². The van der Waals surface area contributed by atoms with Gasteiger partial charge in [-0.2, -0.15) is 5.10 Å². The van der Waals surface area contributed by atoms with Crippen molar-refractivity contribution in [3.8, 4) is 0 Å². The van der Waals surface area contributed by atoms with Crippen LogP contribution in [0.25, 0.3) is 0 Å². The van der Waals surface area contributed by atoms with Crippen molar-refractivity contribution in [1.82, 2.24) is 29.9 Å². The maximum absolute atomic E-state index is 12.3. The standard InChI is InChI=1S/C18H26N6O/c1-22(18(25)20-8-11-24-15-19-14-21-24)12-16-6-2-3-7-17(16)13-23-9-4-5-10-23/h2-3,6-7,14-15H,4-5,8-13H2,1H3,(H,20,25). The molecule has 0 aliphatic carbocycles. The lowest BCUT2D eigenvalue weighted by molar-refractivity contribution is 0.206. The van der Waals surface area contributed by atoms with Crippen LogP contribution < -0.4 is 5.32 Å². The number of urea groups is 1. The Bertz CT molecular complexity index is 666. The molecule has 0 bridgehead atoms. The van der Waals surface area contributed by atoms with E-state index in [1.165, 1.54) is 43.4 Å². The smallest absolute Gasteiger partial charge is 0.317 e. The van der Waals surface area contributed by atoms with Crippen LogP contribution in [0.2, 0.25) is 0 Å². The van der Waals surface area contributed by atoms with Crippen LogP contribution in [0.4, 0.5) is 4.79 Å². The molecule has 0 atom stereocenters. The van der Waals surface area contributed by atoms with Crippen LogP contribution in [0, 0.1) is 0 Å². The third kappa shape index (κ3) is 5.03. The highest BCUT2D eigenvalue weighted by Crippen LogP contribution is 2.17. The van der Waals surface area contributed by atoms with Gasteiger partial charge in [0.2, 0.25) is 0 Å². The van der Waals surface area contributed by atoms with Crippen molar-refractivity contribution >= 4 is 6.03 Å². The predicted octanol–water partition coefficient (Wildman–Crippen LogP) is 1.72. The Morgan fingerprint density at radius 1 is 1.24 bits per heavy atom. The number of nitrogens with one attached hydrogen (secondary N) is 1. The highest BCUT2D eigenvalue weighted by molar-refractivity contribution is 5.73. The fourth-order valence-electron chi connectivity index (χ4n) is 3.14. The van der Waals surface area contributed by atoms with Crippen LogP contribution in [0.1, 0.15) is 24.0 Å². The molecule has 3 rings (SSSR count). The van der Waals surface area contributed by atoms with Crippen molar-refractivity contribution in [2.24, 2.45) is 0 Å². The number of hydrogen-bond acceptors (Lipinski definition) is 4. The van der Waals surface area contributed by atoms with Gasteiger partial charge in [0.15, 0.2) is 0 Å². The first kappa shape index (κ1) is 17.4. The first-order valence-corrected chi connectivity index (χ1v) is 8.83. The largest absolute Gasteiger partial charge is 0.336 e. The maximum Gasteiger partial charge on any atom is 0.317 e. The van der Waals surface area contributed by atoms with E-state index < -0.39 is 0 Å². The molecule has 7 nitrogen and oxygen atoms in total. The third-order valence-corrected chi connectivity index (χ3v) is 4.55. The molecule has 1 aromatic heterocycles. The van der Waals surface area contributed by atoms with Gasteiger partial charge in [0.05, 0.1) is 6.54 Å². The molecule has 1 saturated heterocycles. The summed E-state index contributed by atoms with van der Waals surface area (Å²) in [7, 11) is 1.83. The van der Waals surface area contributed by atoms with E-state index in [0.29, 0.717) is 19.6 Å². The number of carbonyl (C=O) groups is 1. The summed E-state index contributed by atoms with van der Waals surface area (Å²) in [4.78, 5) is 20.4. The van der Waals surface area contributed by atoms with Crippen LogP contribution in [0.3, 0.4) is 0 Å². The summed E-state index contributed by atoms with van der Waals surface area (Å²) in [5.74, 6) is 0. The number of likely N-dealkylation sites (tertiary alicyclic amines) is 1. The van der Waals surface area contributed by atoms with Crippen LogP contribution in [-0.4, -0.2) is 57.3 Å². The van der Waals surface area contributed by atoms with Crippen molar-refractivity contribution in [3.05, 3.63) is 48.0 Å². The molecule has 7 heteroatoms. The lowest BCUT2D eigenvalue weighted by Gasteiger charge is -2.22. The molecule has 1 aliphatic heterocycles. The Morgan fingerprint density at radius 3 is 2.72 bits per heavy atom. The van der Waals surface area contributed by atoms with Gasteiger partial charge in [-0.05, 0) is 37.1 Å². The number of hydrogen-bond donors (Lipinski definition) is 1.